The number of para-hydroxylation sites is 1. The number of thioether (sulfide) groups is 1. The Morgan fingerprint density at radius 2 is 2.12 bits per heavy atom. The minimum Gasteiger partial charge on any atom is -0.465 e. The summed E-state index contributed by atoms with van der Waals surface area (Å²) in [6.45, 7) is 1.67. The maximum Gasteiger partial charge on any atom is 0.344 e. The summed E-state index contributed by atoms with van der Waals surface area (Å²) in [5.41, 5.74) is -0.0271. The van der Waals surface area contributed by atoms with E-state index >= 15 is 0 Å². The number of carbonyl (C=O) groups excluding carboxylic acids is 1. The highest BCUT2D eigenvalue weighted by molar-refractivity contribution is 8.04. The van der Waals surface area contributed by atoms with Crippen molar-refractivity contribution in [1.29, 1.82) is 0 Å². The van der Waals surface area contributed by atoms with Gasteiger partial charge in [-0.1, -0.05) is 30.0 Å². The van der Waals surface area contributed by atoms with Gasteiger partial charge in [0, 0.05) is 6.07 Å². The van der Waals surface area contributed by atoms with E-state index in [1.54, 1.807) is 31.2 Å². The predicted molar refractivity (Wildman–Crippen MR) is 64.7 cm³/mol. The third kappa shape index (κ3) is 3.32. The number of hydrogen-bond acceptors (Lipinski definition) is 5. The molecular formula is C11H11NO4S. The van der Waals surface area contributed by atoms with Gasteiger partial charge in [0.2, 0.25) is 0 Å². The average molecular weight is 253 g/mol. The molecule has 0 N–H and O–H groups in total. The minimum atomic E-state index is -0.504. The average Bonchev–Trinajstić information content (AvgIpc) is 2.35. The highest BCUT2D eigenvalue weighted by Gasteiger charge is 2.17. The number of ether oxygens (including phenoxy) is 1. The first-order valence-electron chi connectivity index (χ1n) is 4.76. The lowest BCUT2D eigenvalue weighted by molar-refractivity contribution is -0.387. The van der Waals surface area contributed by atoms with Crippen LogP contribution in [0.5, 0.6) is 0 Å². The van der Waals surface area contributed by atoms with Crippen molar-refractivity contribution in [3.05, 3.63) is 45.4 Å². The van der Waals surface area contributed by atoms with Crippen LogP contribution in [0.3, 0.4) is 0 Å². The fourth-order valence-electron chi connectivity index (χ4n) is 1.13. The van der Waals surface area contributed by atoms with Crippen LogP contribution in [0, 0.1) is 10.1 Å². The molecule has 5 nitrogen and oxygen atoms in total. The van der Waals surface area contributed by atoms with Crippen LogP contribution >= 0.6 is 11.8 Å². The second kappa shape index (κ2) is 6.05. The molecule has 0 radical (unpaired) electrons. The van der Waals surface area contributed by atoms with Crippen molar-refractivity contribution >= 4 is 23.4 Å². The van der Waals surface area contributed by atoms with Crippen LogP contribution in [-0.4, -0.2) is 18.0 Å². The van der Waals surface area contributed by atoms with E-state index in [0.29, 0.717) is 9.80 Å². The lowest BCUT2D eigenvalue weighted by Crippen LogP contribution is -2.02. The first kappa shape index (κ1) is 13.2. The molecule has 0 aliphatic carbocycles. The van der Waals surface area contributed by atoms with Gasteiger partial charge in [-0.25, -0.2) is 4.79 Å². The van der Waals surface area contributed by atoms with E-state index in [1.807, 2.05) is 0 Å². The Hall–Kier alpha value is -1.82. The molecule has 90 valence electrons. The van der Waals surface area contributed by atoms with Crippen LogP contribution in [0.2, 0.25) is 0 Å². The topological polar surface area (TPSA) is 69.4 Å². The first-order chi connectivity index (χ1) is 8.10. The Bertz CT molecular complexity index is 470. The van der Waals surface area contributed by atoms with Crippen LogP contribution in [0.1, 0.15) is 6.92 Å². The molecule has 17 heavy (non-hydrogen) atoms. The number of methoxy groups -OCH3 is 1. The van der Waals surface area contributed by atoms with Crippen molar-refractivity contribution in [3.63, 3.8) is 0 Å². The minimum absolute atomic E-state index is 0.0271. The van der Waals surface area contributed by atoms with Crippen LogP contribution in [0.4, 0.5) is 5.69 Å². The summed E-state index contributed by atoms with van der Waals surface area (Å²) < 4.78 is 4.58. The van der Waals surface area contributed by atoms with Crippen molar-refractivity contribution < 1.29 is 14.5 Å². The highest BCUT2D eigenvalue weighted by atomic mass is 32.2. The maximum absolute atomic E-state index is 11.3. The van der Waals surface area contributed by atoms with E-state index in [2.05, 4.69) is 4.74 Å². The highest BCUT2D eigenvalue weighted by Crippen LogP contribution is 2.34. The van der Waals surface area contributed by atoms with Gasteiger partial charge in [0.15, 0.2) is 0 Å². The Balaban J connectivity index is 3.02. The molecule has 0 saturated heterocycles. The number of nitrogens with zero attached hydrogens (tertiary/aromatic N) is 1. The number of nitro groups is 1. The molecule has 0 spiro atoms. The lowest BCUT2D eigenvalue weighted by Gasteiger charge is -2.04. The van der Waals surface area contributed by atoms with Crippen molar-refractivity contribution in [3.8, 4) is 0 Å². The number of esters is 1. The zero-order chi connectivity index (χ0) is 12.8. The second-order valence-corrected chi connectivity index (χ2v) is 4.06. The molecule has 0 bridgehead atoms. The SMILES string of the molecule is C/C=C(\Sc1ccccc1[N+](=O)[O-])C(=O)OC. The summed E-state index contributed by atoms with van der Waals surface area (Å²) in [6.07, 6.45) is 1.56. The number of nitro benzene ring substituents is 1. The fourth-order valence-corrected chi connectivity index (χ4v) is 2.05. The Kier molecular flexibility index (Phi) is 4.71. The van der Waals surface area contributed by atoms with E-state index < -0.39 is 10.9 Å². The first-order valence-corrected chi connectivity index (χ1v) is 5.57. The number of benzene rings is 1. The molecule has 0 unspecified atom stereocenters. The summed E-state index contributed by atoms with van der Waals surface area (Å²) >= 11 is 1.02. The van der Waals surface area contributed by atoms with Crippen molar-refractivity contribution in [1.82, 2.24) is 0 Å². The van der Waals surface area contributed by atoms with Gasteiger partial charge in [-0.3, -0.25) is 10.1 Å². The third-order valence-electron chi connectivity index (χ3n) is 1.93. The molecule has 0 aliphatic heterocycles. The molecule has 0 amide bonds. The van der Waals surface area contributed by atoms with Crippen LogP contribution in [-0.2, 0) is 9.53 Å². The van der Waals surface area contributed by atoms with Crippen molar-refractivity contribution in [2.75, 3.05) is 7.11 Å². The zero-order valence-electron chi connectivity index (χ0n) is 9.38. The van der Waals surface area contributed by atoms with Gasteiger partial charge >= 0.3 is 5.97 Å². The zero-order valence-corrected chi connectivity index (χ0v) is 10.2. The van der Waals surface area contributed by atoms with Gasteiger partial charge in [-0.15, -0.1) is 0 Å². The summed E-state index contributed by atoms with van der Waals surface area (Å²) in [5.74, 6) is -0.504. The van der Waals surface area contributed by atoms with Crippen molar-refractivity contribution in [2.24, 2.45) is 0 Å². The van der Waals surface area contributed by atoms with Gasteiger partial charge in [-0.2, -0.15) is 0 Å². The quantitative estimate of drug-likeness (QED) is 0.271. The fraction of sp³-hybridized carbons (Fsp3) is 0.182. The van der Waals surface area contributed by atoms with E-state index in [1.165, 1.54) is 13.2 Å². The number of rotatable bonds is 4. The Morgan fingerprint density at radius 1 is 1.47 bits per heavy atom. The standard InChI is InChI=1S/C11H11NO4S/c1-3-9(11(13)16-2)17-10-7-5-4-6-8(10)12(14)15/h3-7H,1-2H3/b9-3-. The molecule has 0 fully saturated rings. The number of carbonyl (C=O) groups is 1. The van der Waals surface area contributed by atoms with Gasteiger partial charge < -0.3 is 4.74 Å². The normalized spacial score (nSPS) is 11.1. The molecular weight excluding hydrogens is 242 g/mol. The molecule has 0 aliphatic rings. The van der Waals surface area contributed by atoms with Crippen LogP contribution < -0.4 is 0 Å². The largest absolute Gasteiger partial charge is 0.465 e. The molecule has 6 heteroatoms. The van der Waals surface area contributed by atoms with Crippen LogP contribution in [0.25, 0.3) is 0 Å². The molecule has 1 rings (SSSR count). The Labute approximate surface area is 103 Å². The predicted octanol–water partition coefficient (Wildman–Crippen LogP) is 2.76. The second-order valence-electron chi connectivity index (χ2n) is 2.97. The summed E-state index contributed by atoms with van der Waals surface area (Å²) in [5, 5.41) is 10.8. The Morgan fingerprint density at radius 3 is 2.65 bits per heavy atom. The summed E-state index contributed by atoms with van der Waals surface area (Å²) in [4.78, 5) is 22.4. The summed E-state index contributed by atoms with van der Waals surface area (Å²) in [6, 6.07) is 6.25. The molecule has 1 aromatic rings. The van der Waals surface area contributed by atoms with Gasteiger partial charge in [0.1, 0.15) is 0 Å². The number of allylic oxidation sites excluding steroid dienone is 1. The van der Waals surface area contributed by atoms with Crippen molar-refractivity contribution in [2.45, 2.75) is 11.8 Å². The van der Waals surface area contributed by atoms with Gasteiger partial charge in [0.05, 0.1) is 21.8 Å². The number of hydrogen-bond donors (Lipinski definition) is 0. The molecule has 0 saturated carbocycles. The lowest BCUT2D eigenvalue weighted by atomic mass is 10.3. The smallest absolute Gasteiger partial charge is 0.344 e. The van der Waals surface area contributed by atoms with E-state index in [4.69, 9.17) is 0 Å². The molecule has 0 aromatic heterocycles. The van der Waals surface area contributed by atoms with Gasteiger partial charge in [-0.05, 0) is 13.0 Å². The van der Waals surface area contributed by atoms with Crippen LogP contribution in [0.15, 0.2) is 40.1 Å². The molecule has 1 aromatic carbocycles. The van der Waals surface area contributed by atoms with E-state index in [-0.39, 0.29) is 5.69 Å². The van der Waals surface area contributed by atoms with E-state index in [9.17, 15) is 14.9 Å². The van der Waals surface area contributed by atoms with E-state index in [0.717, 1.165) is 11.8 Å². The summed E-state index contributed by atoms with van der Waals surface area (Å²) in [7, 11) is 1.27. The molecule has 0 atom stereocenters. The monoisotopic (exact) mass is 253 g/mol. The maximum atomic E-state index is 11.3. The van der Waals surface area contributed by atoms with Gasteiger partial charge in [0.25, 0.3) is 5.69 Å². The third-order valence-corrected chi connectivity index (χ3v) is 3.12. The molecule has 0 heterocycles.